The molecule has 0 aliphatic rings. The van der Waals surface area contributed by atoms with E-state index in [-0.39, 0.29) is 18.5 Å². The summed E-state index contributed by atoms with van der Waals surface area (Å²) in [5.41, 5.74) is -0.190. The second-order valence-electron chi connectivity index (χ2n) is 8.89. The maximum atomic E-state index is 13.2. The molecular formula is C27H28F5N3O4. The molecule has 0 atom stereocenters. The molecule has 3 aromatic rings. The second kappa shape index (κ2) is 13.7. The summed E-state index contributed by atoms with van der Waals surface area (Å²) >= 11 is 0. The smallest absolute Gasteiger partial charge is 0.416 e. The number of aryl methyl sites for hydroxylation is 1. The van der Waals surface area contributed by atoms with Crippen LogP contribution >= 0.6 is 0 Å². The fraction of sp³-hybridized carbons (Fsp3) is 0.296. The molecule has 0 radical (unpaired) electrons. The van der Waals surface area contributed by atoms with Gasteiger partial charge in [0.15, 0.2) is 0 Å². The Balaban J connectivity index is 0.000000306. The van der Waals surface area contributed by atoms with Crippen LogP contribution < -0.4 is 10.9 Å². The summed E-state index contributed by atoms with van der Waals surface area (Å²) in [6.45, 7) is 1.98. The molecule has 210 valence electrons. The Bertz CT molecular complexity index is 1350. The SMILES string of the molecule is Cc1cccc(Cn2cc(CCN(C)C)c(C(F)(F)F)cc2=O)c1.O=C(O)CNC(=O)c1c(F)cccc1F. The lowest BCUT2D eigenvalue weighted by molar-refractivity contribution is -0.138. The maximum Gasteiger partial charge on any atom is 0.416 e. The van der Waals surface area contributed by atoms with Crippen LogP contribution in [0, 0.1) is 18.6 Å². The molecule has 1 aromatic heterocycles. The van der Waals surface area contributed by atoms with Crippen molar-refractivity contribution in [3.8, 4) is 0 Å². The Labute approximate surface area is 221 Å². The number of carboxylic acids is 1. The van der Waals surface area contributed by atoms with E-state index in [1.165, 1.54) is 10.8 Å². The lowest BCUT2D eigenvalue weighted by Gasteiger charge is -2.17. The number of hydrogen-bond donors (Lipinski definition) is 2. The number of amides is 1. The fourth-order valence-corrected chi connectivity index (χ4v) is 3.52. The molecule has 0 fully saturated rings. The van der Waals surface area contributed by atoms with E-state index in [0.29, 0.717) is 12.6 Å². The van der Waals surface area contributed by atoms with Crippen LogP contribution in [0.3, 0.4) is 0 Å². The molecular weight excluding hydrogens is 525 g/mol. The fourth-order valence-electron chi connectivity index (χ4n) is 3.52. The maximum absolute atomic E-state index is 13.2. The zero-order valence-electron chi connectivity index (χ0n) is 21.5. The van der Waals surface area contributed by atoms with Gasteiger partial charge in [-0.2, -0.15) is 13.2 Å². The Morgan fingerprint density at radius 2 is 1.64 bits per heavy atom. The largest absolute Gasteiger partial charge is 0.480 e. The molecule has 1 heterocycles. The number of benzene rings is 2. The number of nitrogens with one attached hydrogen (secondary N) is 1. The number of aliphatic carboxylic acids is 1. The van der Waals surface area contributed by atoms with Gasteiger partial charge < -0.3 is 19.9 Å². The van der Waals surface area contributed by atoms with Gasteiger partial charge in [0, 0.05) is 18.8 Å². The van der Waals surface area contributed by atoms with Crippen molar-refractivity contribution in [1.29, 1.82) is 0 Å². The lowest BCUT2D eigenvalue weighted by Crippen LogP contribution is -2.30. The van der Waals surface area contributed by atoms with Crippen molar-refractivity contribution in [3.05, 3.63) is 105 Å². The molecule has 2 aromatic carbocycles. The van der Waals surface area contributed by atoms with E-state index < -0.39 is 52.9 Å². The van der Waals surface area contributed by atoms with Crippen LogP contribution in [0.15, 0.2) is 59.5 Å². The summed E-state index contributed by atoms with van der Waals surface area (Å²) in [6.07, 6.45) is -2.95. The molecule has 7 nitrogen and oxygen atoms in total. The zero-order valence-corrected chi connectivity index (χ0v) is 21.5. The van der Waals surface area contributed by atoms with E-state index in [4.69, 9.17) is 5.11 Å². The average molecular weight is 554 g/mol. The van der Waals surface area contributed by atoms with Crippen molar-refractivity contribution in [2.45, 2.75) is 26.1 Å². The van der Waals surface area contributed by atoms with Crippen LogP contribution in [0.25, 0.3) is 0 Å². The highest BCUT2D eigenvalue weighted by atomic mass is 19.4. The molecule has 2 N–H and O–H groups in total. The highest BCUT2D eigenvalue weighted by Gasteiger charge is 2.34. The number of carboxylic acid groups (broad SMARTS) is 1. The van der Waals surface area contributed by atoms with E-state index in [9.17, 15) is 36.3 Å². The van der Waals surface area contributed by atoms with Crippen LogP contribution in [0.2, 0.25) is 0 Å². The molecule has 0 unspecified atom stereocenters. The Morgan fingerprint density at radius 3 is 2.18 bits per heavy atom. The van der Waals surface area contributed by atoms with Crippen molar-refractivity contribution in [1.82, 2.24) is 14.8 Å². The Kier molecular flexibility index (Phi) is 10.9. The topological polar surface area (TPSA) is 91.6 Å². The van der Waals surface area contributed by atoms with Gasteiger partial charge in [-0.1, -0.05) is 35.9 Å². The highest BCUT2D eigenvalue weighted by Crippen LogP contribution is 2.31. The van der Waals surface area contributed by atoms with Crippen molar-refractivity contribution in [2.24, 2.45) is 0 Å². The Hall–Kier alpha value is -4.06. The summed E-state index contributed by atoms with van der Waals surface area (Å²) < 4.78 is 66.9. The van der Waals surface area contributed by atoms with Gasteiger partial charge in [0.25, 0.3) is 11.5 Å². The molecule has 39 heavy (non-hydrogen) atoms. The normalized spacial score (nSPS) is 11.1. The van der Waals surface area contributed by atoms with Crippen LogP contribution in [-0.2, 0) is 23.9 Å². The average Bonchev–Trinajstić information content (AvgIpc) is 2.82. The van der Waals surface area contributed by atoms with Gasteiger partial charge >= 0.3 is 12.1 Å². The van der Waals surface area contributed by atoms with E-state index in [2.05, 4.69) is 0 Å². The van der Waals surface area contributed by atoms with Gasteiger partial charge in [0.05, 0.1) is 12.1 Å². The molecule has 0 aliphatic heterocycles. The summed E-state index contributed by atoms with van der Waals surface area (Å²) in [6, 6.07) is 11.2. The highest BCUT2D eigenvalue weighted by molar-refractivity contribution is 5.96. The molecule has 12 heteroatoms. The first-order chi connectivity index (χ1) is 18.2. The number of hydrogen-bond acceptors (Lipinski definition) is 4. The van der Waals surface area contributed by atoms with Crippen molar-refractivity contribution in [2.75, 3.05) is 27.2 Å². The summed E-state index contributed by atoms with van der Waals surface area (Å²) in [4.78, 5) is 35.2. The molecule has 0 saturated heterocycles. The van der Waals surface area contributed by atoms with Crippen LogP contribution in [-0.4, -0.2) is 53.6 Å². The minimum Gasteiger partial charge on any atom is -0.480 e. The molecule has 0 spiro atoms. The minimum absolute atomic E-state index is 0.142. The summed E-state index contributed by atoms with van der Waals surface area (Å²) in [5.74, 6) is -4.44. The quantitative estimate of drug-likeness (QED) is 0.410. The van der Waals surface area contributed by atoms with Crippen LogP contribution in [0.1, 0.15) is 32.6 Å². The minimum atomic E-state index is -4.52. The van der Waals surface area contributed by atoms with Crippen LogP contribution in [0.4, 0.5) is 22.0 Å². The van der Waals surface area contributed by atoms with Gasteiger partial charge in [-0.15, -0.1) is 0 Å². The third kappa shape index (κ3) is 9.64. The summed E-state index contributed by atoms with van der Waals surface area (Å²) in [5, 5.41) is 10.1. The lowest BCUT2D eigenvalue weighted by atomic mass is 10.1. The molecule has 1 amide bonds. The number of aromatic nitrogens is 1. The Morgan fingerprint density at radius 1 is 1.03 bits per heavy atom. The predicted molar refractivity (Wildman–Crippen MR) is 135 cm³/mol. The van der Waals surface area contributed by atoms with Crippen LogP contribution in [0.5, 0.6) is 0 Å². The number of likely N-dealkylation sites (N-methyl/N-ethyl adjacent to an activating group) is 1. The summed E-state index contributed by atoms with van der Waals surface area (Å²) in [7, 11) is 3.60. The first kappa shape index (κ1) is 31.2. The van der Waals surface area contributed by atoms with E-state index >= 15 is 0 Å². The number of rotatable bonds is 8. The number of alkyl halides is 3. The third-order valence-electron chi connectivity index (χ3n) is 5.37. The van der Waals surface area contributed by atoms with Crippen molar-refractivity contribution >= 4 is 11.9 Å². The molecule has 3 rings (SSSR count). The van der Waals surface area contributed by atoms with E-state index in [1.54, 1.807) is 14.1 Å². The number of nitrogens with zero attached hydrogens (tertiary/aromatic N) is 2. The molecule has 0 saturated carbocycles. The molecule has 0 bridgehead atoms. The predicted octanol–water partition coefficient (Wildman–Crippen LogP) is 4.11. The monoisotopic (exact) mass is 553 g/mol. The first-order valence-corrected chi connectivity index (χ1v) is 11.6. The van der Waals surface area contributed by atoms with Crippen molar-refractivity contribution < 1.29 is 36.6 Å². The molecule has 0 aliphatic carbocycles. The first-order valence-electron chi connectivity index (χ1n) is 11.6. The van der Waals surface area contributed by atoms with Gasteiger partial charge in [-0.05, 0) is 50.7 Å². The standard InChI is InChI=1S/C18H21F3N2O.C9H7F2NO3/c1-13-5-4-6-14(9-13)11-23-12-15(7-8-22(2)3)16(10-17(23)24)18(19,20)21;10-5-2-1-3-6(11)8(5)9(15)12-4-7(13)14/h4-6,9-10,12H,7-8,11H2,1-3H3;1-3H,4H2,(H,12,15)(H,13,14). The number of carbonyl (C=O) groups is 2. The second-order valence-corrected chi connectivity index (χ2v) is 8.89. The van der Waals surface area contributed by atoms with E-state index in [1.807, 2.05) is 41.4 Å². The van der Waals surface area contributed by atoms with E-state index in [0.717, 1.165) is 29.3 Å². The number of pyridine rings is 1. The van der Waals surface area contributed by atoms with Gasteiger partial charge in [-0.3, -0.25) is 14.4 Å². The van der Waals surface area contributed by atoms with Gasteiger partial charge in [0.2, 0.25) is 0 Å². The third-order valence-corrected chi connectivity index (χ3v) is 5.37. The van der Waals surface area contributed by atoms with Gasteiger partial charge in [-0.25, -0.2) is 8.78 Å². The van der Waals surface area contributed by atoms with Gasteiger partial charge in [0.1, 0.15) is 23.7 Å². The number of carbonyl (C=O) groups excluding carboxylic acids is 1. The number of halogens is 5. The zero-order chi connectivity index (χ0) is 29.3. The van der Waals surface area contributed by atoms with Crippen molar-refractivity contribution in [3.63, 3.8) is 0 Å².